The average molecular weight is 298 g/mol. The van der Waals surface area contributed by atoms with Crippen LogP contribution in [0.4, 0.5) is 5.69 Å². The number of benzene rings is 2. The molecule has 2 aromatic carbocycles. The van der Waals surface area contributed by atoms with Gasteiger partial charge in [0, 0.05) is 5.02 Å². The number of aryl methyl sites for hydroxylation is 1. The molecule has 0 radical (unpaired) electrons. The molecule has 0 saturated heterocycles. The predicted octanol–water partition coefficient (Wildman–Crippen LogP) is 3.15. The summed E-state index contributed by atoms with van der Waals surface area (Å²) in [5.41, 5.74) is 0.974. The first kappa shape index (κ1) is 13.7. The van der Waals surface area contributed by atoms with Gasteiger partial charge in [0.25, 0.3) is 10.0 Å². The third kappa shape index (κ3) is 3.19. The molecule has 0 atom stereocenters. The van der Waals surface area contributed by atoms with Gasteiger partial charge in [0.2, 0.25) is 0 Å². The van der Waals surface area contributed by atoms with Crippen LogP contribution in [0.3, 0.4) is 0 Å². The summed E-state index contributed by atoms with van der Waals surface area (Å²) in [6.45, 7) is 1.80. The number of halogens is 1. The fourth-order valence-corrected chi connectivity index (χ4v) is 2.94. The van der Waals surface area contributed by atoms with E-state index in [1.165, 1.54) is 18.2 Å². The molecule has 6 heteroatoms. The van der Waals surface area contributed by atoms with Crippen LogP contribution in [0.5, 0.6) is 5.75 Å². The van der Waals surface area contributed by atoms with Crippen molar-refractivity contribution in [2.75, 3.05) is 4.72 Å². The molecule has 19 heavy (non-hydrogen) atoms. The molecule has 0 aromatic heterocycles. The molecule has 0 saturated carbocycles. The minimum Gasteiger partial charge on any atom is -0.506 e. The number of nitrogens with one attached hydrogen (secondary N) is 1. The number of aromatic hydroxyl groups is 1. The van der Waals surface area contributed by atoms with Crippen LogP contribution in [0.1, 0.15) is 5.56 Å². The number of anilines is 1. The summed E-state index contributed by atoms with van der Waals surface area (Å²) in [4.78, 5) is 0.0425. The Hall–Kier alpha value is -1.72. The van der Waals surface area contributed by atoms with E-state index in [4.69, 9.17) is 11.6 Å². The van der Waals surface area contributed by atoms with Crippen molar-refractivity contribution in [2.24, 2.45) is 0 Å². The van der Waals surface area contributed by atoms with Crippen molar-refractivity contribution in [1.82, 2.24) is 0 Å². The number of phenols is 1. The van der Waals surface area contributed by atoms with Crippen LogP contribution in [0.15, 0.2) is 47.4 Å². The highest BCUT2D eigenvalue weighted by molar-refractivity contribution is 7.92. The van der Waals surface area contributed by atoms with Crippen LogP contribution in [-0.4, -0.2) is 13.5 Å². The Morgan fingerprint density at radius 2 is 1.89 bits per heavy atom. The normalized spacial score (nSPS) is 11.3. The maximum atomic E-state index is 12.1. The van der Waals surface area contributed by atoms with Crippen LogP contribution in [-0.2, 0) is 10.0 Å². The minimum atomic E-state index is -3.77. The Kier molecular flexibility index (Phi) is 3.68. The average Bonchev–Trinajstić information content (AvgIpc) is 2.33. The van der Waals surface area contributed by atoms with Crippen LogP contribution >= 0.6 is 11.6 Å². The summed E-state index contributed by atoms with van der Waals surface area (Å²) >= 11 is 5.77. The summed E-state index contributed by atoms with van der Waals surface area (Å²) in [5.74, 6) is -0.129. The van der Waals surface area contributed by atoms with E-state index in [1.54, 1.807) is 31.2 Å². The Bertz CT molecular complexity index is 714. The molecule has 0 fully saturated rings. The number of hydrogen-bond acceptors (Lipinski definition) is 3. The number of phenolic OH excluding ortho intramolecular Hbond substituents is 1. The molecule has 0 spiro atoms. The topological polar surface area (TPSA) is 66.4 Å². The molecule has 4 nitrogen and oxygen atoms in total. The van der Waals surface area contributed by atoms with Crippen LogP contribution < -0.4 is 4.72 Å². The van der Waals surface area contributed by atoms with Gasteiger partial charge in [0.05, 0.1) is 10.6 Å². The summed E-state index contributed by atoms with van der Waals surface area (Å²) in [6.07, 6.45) is 0. The fourth-order valence-electron chi connectivity index (χ4n) is 1.57. The lowest BCUT2D eigenvalue weighted by molar-refractivity contribution is 0.477. The zero-order valence-corrected chi connectivity index (χ0v) is 11.7. The van der Waals surface area contributed by atoms with E-state index in [9.17, 15) is 13.5 Å². The van der Waals surface area contributed by atoms with E-state index in [2.05, 4.69) is 4.72 Å². The van der Waals surface area contributed by atoms with E-state index in [1.807, 2.05) is 0 Å². The van der Waals surface area contributed by atoms with Gasteiger partial charge in [0.15, 0.2) is 0 Å². The molecule has 0 aliphatic heterocycles. The minimum absolute atomic E-state index is 0.0425. The zero-order valence-electron chi connectivity index (χ0n) is 10.1. The van der Waals surface area contributed by atoms with E-state index in [0.717, 1.165) is 5.56 Å². The maximum absolute atomic E-state index is 12.1. The Morgan fingerprint density at radius 1 is 1.16 bits per heavy atom. The molecule has 0 unspecified atom stereocenters. The van der Waals surface area contributed by atoms with Crippen LogP contribution in [0.25, 0.3) is 0 Å². The lowest BCUT2D eigenvalue weighted by atomic mass is 10.2. The molecule has 0 bridgehead atoms. The van der Waals surface area contributed by atoms with Gasteiger partial charge < -0.3 is 5.11 Å². The second-order valence-corrected chi connectivity index (χ2v) is 6.20. The molecule has 2 N–H and O–H groups in total. The number of sulfonamides is 1. The first-order valence-corrected chi connectivity index (χ1v) is 7.32. The van der Waals surface area contributed by atoms with Gasteiger partial charge in [0.1, 0.15) is 5.75 Å². The largest absolute Gasteiger partial charge is 0.506 e. The Balaban J connectivity index is 2.39. The quantitative estimate of drug-likeness (QED) is 0.855. The van der Waals surface area contributed by atoms with Crippen molar-refractivity contribution in [3.8, 4) is 5.75 Å². The van der Waals surface area contributed by atoms with Gasteiger partial charge in [-0.2, -0.15) is 0 Å². The van der Waals surface area contributed by atoms with Gasteiger partial charge in [-0.25, -0.2) is 8.42 Å². The first-order valence-electron chi connectivity index (χ1n) is 5.46. The second-order valence-electron chi connectivity index (χ2n) is 4.08. The smallest absolute Gasteiger partial charge is 0.262 e. The standard InChI is InChI=1S/C13H12ClNO3S/c1-9-5-6-13(16)12(7-9)15-19(17,18)11-4-2-3-10(14)8-11/h2-8,15-16H,1H3. The van der Waals surface area contributed by atoms with Crippen LogP contribution in [0.2, 0.25) is 5.02 Å². The fraction of sp³-hybridized carbons (Fsp3) is 0.0769. The molecule has 0 aliphatic rings. The van der Waals surface area contributed by atoms with Gasteiger partial charge in [-0.15, -0.1) is 0 Å². The lowest BCUT2D eigenvalue weighted by Crippen LogP contribution is -2.13. The van der Waals surface area contributed by atoms with Crippen molar-refractivity contribution >= 4 is 27.3 Å². The second kappa shape index (κ2) is 5.11. The van der Waals surface area contributed by atoms with Crippen LogP contribution in [0, 0.1) is 6.92 Å². The molecule has 2 rings (SSSR count). The van der Waals surface area contributed by atoms with Crippen molar-refractivity contribution in [1.29, 1.82) is 0 Å². The van der Waals surface area contributed by atoms with Crippen molar-refractivity contribution in [3.05, 3.63) is 53.1 Å². The summed E-state index contributed by atoms with van der Waals surface area (Å²) in [7, 11) is -3.77. The number of rotatable bonds is 3. The predicted molar refractivity (Wildman–Crippen MR) is 75.1 cm³/mol. The highest BCUT2D eigenvalue weighted by Gasteiger charge is 2.16. The third-order valence-corrected chi connectivity index (χ3v) is 4.10. The van der Waals surface area contributed by atoms with Gasteiger partial charge in [-0.1, -0.05) is 23.7 Å². The summed E-state index contributed by atoms with van der Waals surface area (Å²) < 4.78 is 26.6. The SMILES string of the molecule is Cc1ccc(O)c(NS(=O)(=O)c2cccc(Cl)c2)c1. The van der Waals surface area contributed by atoms with Gasteiger partial charge in [-0.3, -0.25) is 4.72 Å². The highest BCUT2D eigenvalue weighted by atomic mass is 35.5. The summed E-state index contributed by atoms with van der Waals surface area (Å²) in [6, 6.07) is 10.6. The molecule has 2 aromatic rings. The van der Waals surface area contributed by atoms with Gasteiger partial charge >= 0.3 is 0 Å². The molecular formula is C13H12ClNO3S. The molecular weight excluding hydrogens is 286 g/mol. The molecule has 0 heterocycles. The third-order valence-electron chi connectivity index (χ3n) is 2.50. The van der Waals surface area contributed by atoms with E-state index in [-0.39, 0.29) is 16.3 Å². The lowest BCUT2D eigenvalue weighted by Gasteiger charge is -2.10. The van der Waals surface area contributed by atoms with E-state index < -0.39 is 10.0 Å². The molecule has 0 amide bonds. The molecule has 100 valence electrons. The van der Waals surface area contributed by atoms with E-state index >= 15 is 0 Å². The zero-order chi connectivity index (χ0) is 14.0. The Labute approximate surface area is 116 Å². The van der Waals surface area contributed by atoms with Crippen molar-refractivity contribution in [2.45, 2.75) is 11.8 Å². The summed E-state index contributed by atoms with van der Waals surface area (Å²) in [5, 5.41) is 9.98. The monoisotopic (exact) mass is 297 g/mol. The van der Waals surface area contributed by atoms with E-state index in [0.29, 0.717) is 5.02 Å². The Morgan fingerprint density at radius 3 is 2.58 bits per heavy atom. The maximum Gasteiger partial charge on any atom is 0.262 e. The highest BCUT2D eigenvalue weighted by Crippen LogP contribution is 2.27. The number of hydrogen-bond donors (Lipinski definition) is 2. The molecule has 0 aliphatic carbocycles. The van der Waals surface area contributed by atoms with Gasteiger partial charge in [-0.05, 0) is 42.8 Å². The van der Waals surface area contributed by atoms with Crippen molar-refractivity contribution < 1.29 is 13.5 Å². The van der Waals surface area contributed by atoms with Crippen molar-refractivity contribution in [3.63, 3.8) is 0 Å². The first-order chi connectivity index (χ1) is 8.88.